The maximum atomic E-state index is 12.7. The van der Waals surface area contributed by atoms with Gasteiger partial charge in [0, 0.05) is 13.1 Å². The SMILES string of the molecule is COC(=O)C1CCN(C(=O)C2C(C=C(C)C)C2(C)C)CC1. The number of rotatable bonds is 3. The normalized spacial score (nSPS) is 28.0. The van der Waals surface area contributed by atoms with Gasteiger partial charge in [0.1, 0.15) is 0 Å². The van der Waals surface area contributed by atoms with Crippen LogP contribution >= 0.6 is 0 Å². The molecule has 0 aromatic rings. The van der Waals surface area contributed by atoms with E-state index < -0.39 is 0 Å². The lowest BCUT2D eigenvalue weighted by Gasteiger charge is -2.31. The largest absolute Gasteiger partial charge is 0.469 e. The molecule has 0 aromatic heterocycles. The summed E-state index contributed by atoms with van der Waals surface area (Å²) in [7, 11) is 1.43. The molecule has 21 heavy (non-hydrogen) atoms. The molecule has 2 aliphatic rings. The third-order valence-electron chi connectivity index (χ3n) is 5.03. The Morgan fingerprint density at radius 3 is 2.24 bits per heavy atom. The van der Waals surface area contributed by atoms with Crippen LogP contribution in [0.2, 0.25) is 0 Å². The fourth-order valence-electron chi connectivity index (χ4n) is 3.52. The minimum Gasteiger partial charge on any atom is -0.469 e. The number of hydrogen-bond acceptors (Lipinski definition) is 3. The summed E-state index contributed by atoms with van der Waals surface area (Å²) in [5, 5.41) is 0. The summed E-state index contributed by atoms with van der Waals surface area (Å²) >= 11 is 0. The second-order valence-electron chi connectivity index (χ2n) is 7.19. The second kappa shape index (κ2) is 5.82. The number of methoxy groups -OCH3 is 1. The molecule has 2 rings (SSSR count). The Bertz CT molecular complexity index is 455. The Kier molecular flexibility index (Phi) is 4.45. The zero-order chi connectivity index (χ0) is 15.8. The molecule has 2 atom stereocenters. The lowest BCUT2D eigenvalue weighted by atomic mass is 9.96. The van der Waals surface area contributed by atoms with Crippen molar-refractivity contribution >= 4 is 11.9 Å². The Morgan fingerprint density at radius 1 is 1.19 bits per heavy atom. The predicted octanol–water partition coefficient (Wildman–Crippen LogP) is 2.64. The van der Waals surface area contributed by atoms with Crippen LogP contribution in [0.15, 0.2) is 11.6 Å². The van der Waals surface area contributed by atoms with E-state index in [0.717, 1.165) is 12.8 Å². The molecule has 1 aliphatic carbocycles. The van der Waals surface area contributed by atoms with Gasteiger partial charge in [-0.1, -0.05) is 25.5 Å². The summed E-state index contributed by atoms with van der Waals surface area (Å²) < 4.78 is 4.79. The van der Waals surface area contributed by atoms with Gasteiger partial charge < -0.3 is 9.64 Å². The van der Waals surface area contributed by atoms with E-state index >= 15 is 0 Å². The van der Waals surface area contributed by atoms with Gasteiger partial charge in [-0.05, 0) is 38.0 Å². The Morgan fingerprint density at radius 2 is 1.76 bits per heavy atom. The first-order valence-corrected chi connectivity index (χ1v) is 7.80. The summed E-state index contributed by atoms with van der Waals surface area (Å²) in [6, 6.07) is 0. The van der Waals surface area contributed by atoms with Crippen molar-refractivity contribution in [2.24, 2.45) is 23.2 Å². The molecule has 4 heteroatoms. The van der Waals surface area contributed by atoms with Gasteiger partial charge in [0.25, 0.3) is 0 Å². The van der Waals surface area contributed by atoms with Gasteiger partial charge >= 0.3 is 5.97 Å². The van der Waals surface area contributed by atoms with Crippen molar-refractivity contribution in [1.29, 1.82) is 0 Å². The molecule has 2 unspecified atom stereocenters. The highest BCUT2D eigenvalue weighted by atomic mass is 16.5. The zero-order valence-electron chi connectivity index (χ0n) is 13.8. The number of piperidine rings is 1. The smallest absolute Gasteiger partial charge is 0.308 e. The standard InChI is InChI=1S/C17H27NO3/c1-11(2)10-13-14(17(13,3)4)15(19)18-8-6-12(7-9-18)16(20)21-5/h10,12-14H,6-9H2,1-5H3. The number of carbonyl (C=O) groups is 2. The van der Waals surface area contributed by atoms with Crippen LogP contribution in [0.3, 0.4) is 0 Å². The highest BCUT2D eigenvalue weighted by Gasteiger charge is 2.61. The van der Waals surface area contributed by atoms with Crippen molar-refractivity contribution in [1.82, 2.24) is 4.90 Å². The molecular weight excluding hydrogens is 266 g/mol. The first-order valence-electron chi connectivity index (χ1n) is 7.80. The fraction of sp³-hybridized carbons (Fsp3) is 0.765. The monoisotopic (exact) mass is 293 g/mol. The topological polar surface area (TPSA) is 46.6 Å². The molecule has 0 spiro atoms. The first kappa shape index (κ1) is 16.1. The summed E-state index contributed by atoms with van der Waals surface area (Å²) in [5.41, 5.74) is 1.33. The molecular formula is C17H27NO3. The van der Waals surface area contributed by atoms with Gasteiger partial charge in [-0.2, -0.15) is 0 Å². The van der Waals surface area contributed by atoms with Gasteiger partial charge in [-0.15, -0.1) is 0 Å². The third-order valence-corrected chi connectivity index (χ3v) is 5.03. The van der Waals surface area contributed by atoms with Crippen LogP contribution in [-0.2, 0) is 14.3 Å². The molecule has 2 fully saturated rings. The molecule has 0 bridgehead atoms. The Balaban J connectivity index is 1.94. The summed E-state index contributed by atoms with van der Waals surface area (Å²) in [6.07, 6.45) is 3.67. The van der Waals surface area contributed by atoms with Crippen molar-refractivity contribution in [2.75, 3.05) is 20.2 Å². The van der Waals surface area contributed by atoms with Crippen LogP contribution in [0.4, 0.5) is 0 Å². The maximum absolute atomic E-state index is 12.7. The highest BCUT2D eigenvalue weighted by Crippen LogP contribution is 2.60. The predicted molar refractivity (Wildman–Crippen MR) is 81.5 cm³/mol. The quantitative estimate of drug-likeness (QED) is 0.593. The number of nitrogens with zero attached hydrogens (tertiary/aromatic N) is 1. The Hall–Kier alpha value is -1.32. The summed E-state index contributed by atoms with van der Waals surface area (Å²) in [6.45, 7) is 9.84. The van der Waals surface area contributed by atoms with E-state index in [0.29, 0.717) is 19.0 Å². The minimum atomic E-state index is -0.142. The highest BCUT2D eigenvalue weighted by molar-refractivity contribution is 5.84. The molecule has 1 saturated carbocycles. The zero-order valence-corrected chi connectivity index (χ0v) is 13.8. The number of carbonyl (C=O) groups excluding carboxylic acids is 2. The summed E-state index contributed by atoms with van der Waals surface area (Å²) in [5.74, 6) is 0.525. The maximum Gasteiger partial charge on any atom is 0.308 e. The average Bonchev–Trinajstić information content (AvgIpc) is 2.97. The number of likely N-dealkylation sites (tertiary alicyclic amines) is 1. The van der Waals surface area contributed by atoms with Crippen molar-refractivity contribution in [3.63, 3.8) is 0 Å². The van der Waals surface area contributed by atoms with Crippen LogP contribution in [0.25, 0.3) is 0 Å². The minimum absolute atomic E-state index is 0.0418. The molecule has 1 saturated heterocycles. The number of amides is 1. The second-order valence-corrected chi connectivity index (χ2v) is 7.19. The third kappa shape index (κ3) is 3.14. The van der Waals surface area contributed by atoms with E-state index in [9.17, 15) is 9.59 Å². The van der Waals surface area contributed by atoms with Crippen LogP contribution in [0.1, 0.15) is 40.5 Å². The van der Waals surface area contributed by atoms with Crippen LogP contribution in [-0.4, -0.2) is 37.0 Å². The Labute approximate surface area is 127 Å². The van der Waals surface area contributed by atoms with E-state index in [4.69, 9.17) is 4.74 Å². The molecule has 4 nitrogen and oxygen atoms in total. The number of ether oxygens (including phenoxy) is 1. The molecule has 0 radical (unpaired) electrons. The summed E-state index contributed by atoms with van der Waals surface area (Å²) in [4.78, 5) is 26.2. The number of hydrogen-bond donors (Lipinski definition) is 0. The lowest BCUT2D eigenvalue weighted by Crippen LogP contribution is -2.41. The van der Waals surface area contributed by atoms with Crippen LogP contribution in [0, 0.1) is 23.2 Å². The van der Waals surface area contributed by atoms with Crippen molar-refractivity contribution < 1.29 is 14.3 Å². The average molecular weight is 293 g/mol. The molecule has 118 valence electrons. The van der Waals surface area contributed by atoms with E-state index in [-0.39, 0.29) is 29.1 Å². The molecule has 1 amide bonds. The van der Waals surface area contributed by atoms with Gasteiger partial charge in [0.2, 0.25) is 5.91 Å². The van der Waals surface area contributed by atoms with E-state index in [1.54, 1.807) is 0 Å². The van der Waals surface area contributed by atoms with Gasteiger partial charge in [-0.3, -0.25) is 9.59 Å². The van der Waals surface area contributed by atoms with Crippen molar-refractivity contribution in [2.45, 2.75) is 40.5 Å². The van der Waals surface area contributed by atoms with E-state index in [2.05, 4.69) is 33.8 Å². The fourth-order valence-corrected chi connectivity index (χ4v) is 3.52. The van der Waals surface area contributed by atoms with Crippen molar-refractivity contribution in [3.8, 4) is 0 Å². The van der Waals surface area contributed by atoms with Crippen molar-refractivity contribution in [3.05, 3.63) is 11.6 Å². The van der Waals surface area contributed by atoms with Crippen LogP contribution < -0.4 is 0 Å². The van der Waals surface area contributed by atoms with E-state index in [1.807, 2.05) is 4.90 Å². The lowest BCUT2D eigenvalue weighted by molar-refractivity contribution is -0.149. The van der Waals surface area contributed by atoms with Crippen LogP contribution in [0.5, 0.6) is 0 Å². The molecule has 0 N–H and O–H groups in total. The van der Waals surface area contributed by atoms with Gasteiger partial charge in [-0.25, -0.2) is 0 Å². The number of esters is 1. The first-order chi connectivity index (χ1) is 9.78. The molecule has 0 aromatic carbocycles. The van der Waals surface area contributed by atoms with E-state index in [1.165, 1.54) is 12.7 Å². The number of allylic oxidation sites excluding steroid dienone is 2. The molecule has 1 heterocycles. The van der Waals surface area contributed by atoms with Gasteiger partial charge in [0.05, 0.1) is 18.9 Å². The molecule has 1 aliphatic heterocycles. The van der Waals surface area contributed by atoms with Gasteiger partial charge in [0.15, 0.2) is 0 Å².